The van der Waals surface area contributed by atoms with Crippen molar-refractivity contribution in [2.75, 3.05) is 6.61 Å². The van der Waals surface area contributed by atoms with Gasteiger partial charge in [-0.25, -0.2) is 8.78 Å². The molecule has 0 saturated carbocycles. The molecule has 0 spiro atoms. The summed E-state index contributed by atoms with van der Waals surface area (Å²) in [6.07, 6.45) is 7.85. The van der Waals surface area contributed by atoms with Crippen LogP contribution in [-0.4, -0.2) is 6.61 Å². The summed E-state index contributed by atoms with van der Waals surface area (Å²) < 4.78 is 35.5. The average Bonchev–Trinajstić information content (AvgIpc) is 2.80. The van der Waals surface area contributed by atoms with E-state index in [-0.39, 0.29) is 11.1 Å². The topological polar surface area (TPSA) is 9.23 Å². The fourth-order valence-corrected chi connectivity index (χ4v) is 3.70. The first-order valence-corrected chi connectivity index (χ1v) is 11.4. The van der Waals surface area contributed by atoms with Crippen molar-refractivity contribution in [1.82, 2.24) is 0 Å². The molecule has 0 aliphatic rings. The van der Waals surface area contributed by atoms with Crippen LogP contribution < -0.4 is 4.74 Å². The normalized spacial score (nSPS) is 11.0. The highest BCUT2D eigenvalue weighted by atomic mass is 19.2. The summed E-state index contributed by atoms with van der Waals surface area (Å²) in [5.41, 5.74) is 3.10. The SMILES string of the molecule is CCCCCOc1ccc(-c2ccc(-c3ccc(CCCCC)cc3)c(F)c2F)cc1. The summed E-state index contributed by atoms with van der Waals surface area (Å²) in [5.74, 6) is -0.881. The molecule has 0 aliphatic carbocycles. The van der Waals surface area contributed by atoms with Crippen LogP contribution >= 0.6 is 0 Å². The smallest absolute Gasteiger partial charge is 0.167 e. The van der Waals surface area contributed by atoms with Crippen LogP contribution in [0.3, 0.4) is 0 Å². The lowest BCUT2D eigenvalue weighted by molar-refractivity contribution is 0.306. The van der Waals surface area contributed by atoms with Crippen molar-refractivity contribution in [3.05, 3.63) is 77.9 Å². The molecule has 1 nitrogen and oxygen atoms in total. The molecule has 3 aromatic carbocycles. The predicted molar refractivity (Wildman–Crippen MR) is 125 cm³/mol. The summed E-state index contributed by atoms with van der Waals surface area (Å²) in [6.45, 7) is 5.00. The van der Waals surface area contributed by atoms with E-state index in [0.717, 1.165) is 37.9 Å². The molecule has 0 unspecified atom stereocenters. The van der Waals surface area contributed by atoms with Gasteiger partial charge < -0.3 is 4.74 Å². The van der Waals surface area contributed by atoms with Gasteiger partial charge in [-0.15, -0.1) is 0 Å². The van der Waals surface area contributed by atoms with Crippen molar-refractivity contribution in [3.63, 3.8) is 0 Å². The Bertz CT molecular complexity index is 946. The van der Waals surface area contributed by atoms with E-state index in [0.29, 0.717) is 17.7 Å². The van der Waals surface area contributed by atoms with E-state index in [1.807, 2.05) is 36.4 Å². The highest BCUT2D eigenvalue weighted by molar-refractivity contribution is 5.72. The molecule has 31 heavy (non-hydrogen) atoms. The van der Waals surface area contributed by atoms with Gasteiger partial charge in [0, 0.05) is 11.1 Å². The summed E-state index contributed by atoms with van der Waals surface area (Å²) in [6, 6.07) is 18.3. The maximum absolute atomic E-state index is 14.9. The monoisotopic (exact) mass is 422 g/mol. The van der Waals surface area contributed by atoms with Crippen LogP contribution in [0.2, 0.25) is 0 Å². The summed E-state index contributed by atoms with van der Waals surface area (Å²) in [4.78, 5) is 0. The van der Waals surface area contributed by atoms with Crippen LogP contribution in [0, 0.1) is 11.6 Å². The second-order valence-electron chi connectivity index (χ2n) is 8.02. The van der Waals surface area contributed by atoms with Gasteiger partial charge in [-0.2, -0.15) is 0 Å². The number of ether oxygens (including phenoxy) is 1. The molecule has 0 heterocycles. The Morgan fingerprint density at radius 3 is 1.68 bits per heavy atom. The third-order valence-electron chi connectivity index (χ3n) is 5.60. The molecular formula is C28H32F2O. The zero-order chi connectivity index (χ0) is 22.1. The van der Waals surface area contributed by atoms with E-state index in [4.69, 9.17) is 4.74 Å². The van der Waals surface area contributed by atoms with Crippen molar-refractivity contribution in [2.24, 2.45) is 0 Å². The molecule has 164 valence electrons. The lowest BCUT2D eigenvalue weighted by Crippen LogP contribution is -1.97. The molecule has 3 heteroatoms. The average molecular weight is 423 g/mol. The Hall–Kier alpha value is -2.68. The maximum atomic E-state index is 14.9. The Labute approximate surface area is 185 Å². The van der Waals surface area contributed by atoms with E-state index in [2.05, 4.69) is 13.8 Å². The lowest BCUT2D eigenvalue weighted by atomic mass is 9.97. The van der Waals surface area contributed by atoms with Gasteiger partial charge in [0.05, 0.1) is 6.61 Å². The van der Waals surface area contributed by atoms with Gasteiger partial charge in [0.2, 0.25) is 0 Å². The lowest BCUT2D eigenvalue weighted by Gasteiger charge is -2.11. The summed E-state index contributed by atoms with van der Waals surface area (Å²) in [5, 5.41) is 0. The van der Waals surface area contributed by atoms with E-state index < -0.39 is 11.6 Å². The number of benzene rings is 3. The summed E-state index contributed by atoms with van der Waals surface area (Å²) in [7, 11) is 0. The number of hydrogen-bond acceptors (Lipinski definition) is 1. The van der Waals surface area contributed by atoms with E-state index in [1.165, 1.54) is 18.4 Å². The molecule has 0 aromatic heterocycles. The van der Waals surface area contributed by atoms with Crippen LogP contribution in [0.1, 0.15) is 57.9 Å². The van der Waals surface area contributed by atoms with Gasteiger partial charge in [0.15, 0.2) is 11.6 Å². The second-order valence-corrected chi connectivity index (χ2v) is 8.02. The standard InChI is InChI=1S/C28H32F2O/c1-3-5-7-9-21-10-12-22(13-11-21)25-18-19-26(28(30)27(25)29)23-14-16-24(17-15-23)31-20-8-6-4-2/h10-19H,3-9,20H2,1-2H3. The maximum Gasteiger partial charge on any atom is 0.167 e. The van der Waals surface area contributed by atoms with Crippen LogP contribution in [0.25, 0.3) is 22.3 Å². The summed E-state index contributed by atoms with van der Waals surface area (Å²) >= 11 is 0. The molecule has 0 fully saturated rings. The molecule has 0 amide bonds. The van der Waals surface area contributed by atoms with Gasteiger partial charge in [-0.1, -0.05) is 88.1 Å². The number of hydrogen-bond donors (Lipinski definition) is 0. The number of unbranched alkanes of at least 4 members (excludes halogenated alkanes) is 4. The van der Waals surface area contributed by atoms with Crippen molar-refractivity contribution >= 4 is 0 Å². The van der Waals surface area contributed by atoms with Gasteiger partial charge in [0.1, 0.15) is 5.75 Å². The fraction of sp³-hybridized carbons (Fsp3) is 0.357. The Kier molecular flexibility index (Phi) is 8.63. The number of halogens is 2. The molecule has 3 rings (SSSR count). The van der Waals surface area contributed by atoms with Crippen molar-refractivity contribution in [3.8, 4) is 28.0 Å². The minimum Gasteiger partial charge on any atom is -0.494 e. The Morgan fingerprint density at radius 1 is 0.613 bits per heavy atom. The van der Waals surface area contributed by atoms with Crippen LogP contribution in [0.15, 0.2) is 60.7 Å². The Morgan fingerprint density at radius 2 is 1.13 bits per heavy atom. The van der Waals surface area contributed by atoms with E-state index in [1.54, 1.807) is 24.3 Å². The van der Waals surface area contributed by atoms with Crippen molar-refractivity contribution in [1.29, 1.82) is 0 Å². The molecule has 0 bridgehead atoms. The van der Waals surface area contributed by atoms with Crippen molar-refractivity contribution < 1.29 is 13.5 Å². The van der Waals surface area contributed by atoms with Gasteiger partial charge in [-0.05, 0) is 48.1 Å². The predicted octanol–water partition coefficient (Wildman–Crippen LogP) is 8.60. The fourth-order valence-electron chi connectivity index (χ4n) is 3.70. The molecule has 0 aliphatic heterocycles. The van der Waals surface area contributed by atoms with E-state index in [9.17, 15) is 8.78 Å². The highest BCUT2D eigenvalue weighted by Gasteiger charge is 2.16. The minimum atomic E-state index is -0.818. The van der Waals surface area contributed by atoms with E-state index >= 15 is 0 Å². The third-order valence-corrected chi connectivity index (χ3v) is 5.60. The quantitative estimate of drug-likeness (QED) is 0.281. The van der Waals surface area contributed by atoms with Gasteiger partial charge in [0.25, 0.3) is 0 Å². The second kappa shape index (κ2) is 11.6. The molecule has 0 N–H and O–H groups in total. The minimum absolute atomic E-state index is 0.259. The molecular weight excluding hydrogens is 390 g/mol. The Balaban J connectivity index is 1.73. The van der Waals surface area contributed by atoms with Crippen LogP contribution in [0.5, 0.6) is 5.75 Å². The number of aryl methyl sites for hydroxylation is 1. The first-order chi connectivity index (χ1) is 15.1. The first-order valence-electron chi connectivity index (χ1n) is 11.4. The first kappa shape index (κ1) is 23.0. The zero-order valence-corrected chi connectivity index (χ0v) is 18.6. The third kappa shape index (κ3) is 6.16. The molecule has 0 radical (unpaired) electrons. The molecule has 0 atom stereocenters. The highest BCUT2D eigenvalue weighted by Crippen LogP contribution is 2.32. The van der Waals surface area contributed by atoms with Crippen LogP contribution in [0.4, 0.5) is 8.78 Å². The van der Waals surface area contributed by atoms with Crippen LogP contribution in [-0.2, 0) is 6.42 Å². The van der Waals surface area contributed by atoms with Gasteiger partial charge in [-0.3, -0.25) is 0 Å². The largest absolute Gasteiger partial charge is 0.494 e. The molecule has 3 aromatic rings. The zero-order valence-electron chi connectivity index (χ0n) is 18.6. The van der Waals surface area contributed by atoms with Gasteiger partial charge >= 0.3 is 0 Å². The molecule has 0 saturated heterocycles. The van der Waals surface area contributed by atoms with Crippen molar-refractivity contribution in [2.45, 2.75) is 58.8 Å². The number of rotatable bonds is 11.